The number of nitrogens with one attached hydrogen (secondary N) is 3. The molecule has 22 heteroatoms. The summed E-state index contributed by atoms with van der Waals surface area (Å²) in [5, 5.41) is 4.80. The molecule has 2 aromatic heterocycles. The van der Waals surface area contributed by atoms with Crippen LogP contribution in [0, 0.1) is 17.8 Å². The van der Waals surface area contributed by atoms with Crippen LogP contribution < -0.4 is 24.2 Å². The molecular formula is C83H97N9O11S2. The predicted octanol–water partition coefficient (Wildman–Crippen LogP) is 13.3. The van der Waals surface area contributed by atoms with E-state index in [1.807, 2.05) is 60.7 Å². The zero-order valence-electron chi connectivity index (χ0n) is 61.6. The van der Waals surface area contributed by atoms with E-state index in [0.29, 0.717) is 61.8 Å². The fraction of sp³-hybridized carbons (Fsp3) is 0.458. The van der Waals surface area contributed by atoms with Crippen molar-refractivity contribution < 1.29 is 50.3 Å². The second-order valence-electron chi connectivity index (χ2n) is 31.2. The molecule has 552 valence electrons. The van der Waals surface area contributed by atoms with Crippen molar-refractivity contribution in [2.24, 2.45) is 10.8 Å². The minimum atomic E-state index is -4.00. The highest BCUT2D eigenvalue weighted by molar-refractivity contribution is 7.88. The number of carbonyl (C=O) groups excluding carboxylic acids is 5. The Hall–Kier alpha value is -8.83. The van der Waals surface area contributed by atoms with Crippen molar-refractivity contribution in [1.82, 2.24) is 42.3 Å². The standard InChI is InChI=1S/C42H49N5O6S.C41H48N4O5S/c1-43-39(48)29-12-10-26(11-13-29)27-18-20-46(21-19-27)41(50)42-24-35(42)34-23-31(53-4)15-17-32(34)38-37(28-8-6-5-7-9-28)33-16-14-30(22-36(33)47(38)25-42)40(49)44-54(51,52)45(2)3;1-26-9-8-12-29(21-26)27-17-19-44(20-18-27)40(47)41-24-35(41)34-23-31(50-4)14-16-32(34)38-37(28-10-6-5-7-11-28)33-15-13-30(22-36(33)45(38)25-41)39(46)42-51(48,49)43(2)3/h10-17,22-23,27-28,35H,5-9,18-21,24-25H2,1-4H3,(H,43,48)(H,44,49);8-9,12-16,21-23,27-28,35H,5-7,10-11,17-20,24-25H2,1-4H3,(H,42,46). The van der Waals surface area contributed by atoms with E-state index in [2.05, 4.69) is 89.1 Å². The molecule has 4 atom stereocenters. The number of piperidine rings is 2. The van der Waals surface area contributed by atoms with Crippen molar-refractivity contribution >= 4 is 71.8 Å². The van der Waals surface area contributed by atoms with Crippen LogP contribution in [0.1, 0.15) is 208 Å². The molecule has 5 amide bonds. The molecule has 105 heavy (non-hydrogen) atoms. The Morgan fingerprint density at radius 1 is 0.467 bits per heavy atom. The van der Waals surface area contributed by atoms with E-state index in [-0.39, 0.29) is 40.7 Å². The summed E-state index contributed by atoms with van der Waals surface area (Å²) >= 11 is 0. The molecule has 0 radical (unpaired) electrons. The summed E-state index contributed by atoms with van der Waals surface area (Å²) in [6.07, 6.45) is 16.4. The fourth-order valence-corrected chi connectivity index (χ4v) is 19.9. The molecule has 2 saturated heterocycles. The number of benzene rings is 6. The Morgan fingerprint density at radius 2 is 0.886 bits per heavy atom. The van der Waals surface area contributed by atoms with Gasteiger partial charge < -0.3 is 33.7 Å². The lowest BCUT2D eigenvalue weighted by Crippen LogP contribution is -2.44. The smallest absolute Gasteiger partial charge is 0.303 e. The van der Waals surface area contributed by atoms with Crippen LogP contribution >= 0.6 is 0 Å². The van der Waals surface area contributed by atoms with Gasteiger partial charge in [-0.25, -0.2) is 9.44 Å². The normalized spacial score (nSPS) is 21.8. The molecule has 6 heterocycles. The summed E-state index contributed by atoms with van der Waals surface area (Å²) in [6.45, 7) is 5.86. The quantitative estimate of drug-likeness (QED) is 0.0874. The Morgan fingerprint density at radius 3 is 1.29 bits per heavy atom. The third-order valence-corrected chi connectivity index (χ3v) is 27.6. The highest BCUT2D eigenvalue weighted by Gasteiger charge is 2.65. The van der Waals surface area contributed by atoms with Crippen LogP contribution in [0.4, 0.5) is 0 Å². The Balaban J connectivity index is 0.000000169. The zero-order valence-corrected chi connectivity index (χ0v) is 63.2. The topological polar surface area (TPSA) is 231 Å². The Kier molecular flexibility index (Phi) is 19.2. The molecule has 4 unspecified atom stereocenters. The SMILES string of the molecule is CNC(=O)c1ccc(C2CCN(C(=O)C34CC3c3cc(OC)ccc3-c3c(C5CCCCC5)c5ccc(C(=O)NS(=O)(=O)N(C)C)cc5n3C4)CC2)cc1.COc1ccc2c(c1)C1CC1(C(=O)N1CCC(c3cccc(C)c3)CC1)Cn1c-2c(C2CCCCC2)c2ccc(C(=O)NS(=O)(=O)N(C)C)cc21. The van der Waals surface area contributed by atoms with Gasteiger partial charge in [0.2, 0.25) is 11.8 Å². The number of amides is 5. The molecule has 0 bridgehead atoms. The van der Waals surface area contributed by atoms with Crippen LogP contribution in [0.2, 0.25) is 0 Å². The van der Waals surface area contributed by atoms with E-state index in [9.17, 15) is 40.8 Å². The molecule has 3 N–H and O–H groups in total. The van der Waals surface area contributed by atoms with E-state index in [4.69, 9.17) is 9.47 Å². The monoisotopic (exact) mass is 1460 g/mol. The van der Waals surface area contributed by atoms with Crippen molar-refractivity contribution in [3.8, 4) is 34.0 Å². The van der Waals surface area contributed by atoms with E-state index < -0.39 is 43.1 Å². The Bertz CT molecular complexity index is 5020. The van der Waals surface area contributed by atoms with E-state index in [1.165, 1.54) is 81.7 Å². The zero-order chi connectivity index (χ0) is 73.6. The number of aromatic nitrogens is 2. The number of methoxy groups -OCH3 is 2. The molecule has 20 nitrogen and oxygen atoms in total. The van der Waals surface area contributed by atoms with Crippen molar-refractivity contribution in [2.45, 2.75) is 158 Å². The number of carbonyl (C=O) groups is 5. The lowest BCUT2D eigenvalue weighted by Gasteiger charge is -2.35. The summed E-state index contributed by atoms with van der Waals surface area (Å²) in [5.74, 6) is 1.92. The van der Waals surface area contributed by atoms with Crippen molar-refractivity contribution in [3.05, 3.63) is 177 Å². The van der Waals surface area contributed by atoms with Crippen LogP contribution in [0.5, 0.6) is 11.5 Å². The van der Waals surface area contributed by atoms with Crippen molar-refractivity contribution in [1.29, 1.82) is 0 Å². The second kappa shape index (κ2) is 28.1. The number of nitrogens with zero attached hydrogens (tertiary/aromatic N) is 6. The minimum Gasteiger partial charge on any atom is -0.497 e. The van der Waals surface area contributed by atoms with Crippen LogP contribution in [-0.2, 0) is 43.1 Å². The maximum absolute atomic E-state index is 15.0. The predicted molar refractivity (Wildman–Crippen MR) is 407 cm³/mol. The van der Waals surface area contributed by atoms with Crippen LogP contribution in [0.25, 0.3) is 44.3 Å². The van der Waals surface area contributed by atoms with E-state index in [1.54, 1.807) is 33.4 Å². The lowest BCUT2D eigenvalue weighted by molar-refractivity contribution is -0.139. The number of ether oxygens (including phenoxy) is 2. The first-order valence-electron chi connectivity index (χ1n) is 37.6. The summed E-state index contributed by atoms with van der Waals surface area (Å²) < 4.78 is 73.0. The largest absolute Gasteiger partial charge is 0.497 e. The maximum Gasteiger partial charge on any atom is 0.303 e. The van der Waals surface area contributed by atoms with Crippen molar-refractivity contribution in [2.75, 3.05) is 75.6 Å². The highest BCUT2D eigenvalue weighted by atomic mass is 32.2. The van der Waals surface area contributed by atoms with Gasteiger partial charge in [0.25, 0.3) is 17.7 Å². The fourth-order valence-electron chi connectivity index (χ4n) is 18.8. The van der Waals surface area contributed by atoms with Gasteiger partial charge in [-0.15, -0.1) is 0 Å². The van der Waals surface area contributed by atoms with Crippen molar-refractivity contribution in [3.63, 3.8) is 0 Å². The number of hydrogen-bond donors (Lipinski definition) is 3. The number of rotatable bonds is 15. The average Bonchev–Trinajstić information content (AvgIpc) is 1.52. The summed E-state index contributed by atoms with van der Waals surface area (Å²) in [4.78, 5) is 73.0. The molecule has 6 aromatic carbocycles. The van der Waals surface area contributed by atoms with Gasteiger partial charge in [-0.1, -0.05) is 92.6 Å². The first-order valence-corrected chi connectivity index (χ1v) is 40.5. The molecule has 6 fully saturated rings. The van der Waals surface area contributed by atoms with Crippen LogP contribution in [0.15, 0.2) is 121 Å². The van der Waals surface area contributed by atoms with Gasteiger partial charge in [0.15, 0.2) is 0 Å². The number of aryl methyl sites for hydroxylation is 1. The molecule has 4 aliphatic heterocycles. The van der Waals surface area contributed by atoms with Crippen LogP contribution in [-0.4, -0.2) is 150 Å². The minimum absolute atomic E-state index is 0.0101. The van der Waals surface area contributed by atoms with Gasteiger partial charge in [0.05, 0.1) is 36.4 Å². The van der Waals surface area contributed by atoms with Gasteiger partial charge in [-0.2, -0.15) is 25.4 Å². The van der Waals surface area contributed by atoms with Gasteiger partial charge >= 0.3 is 20.4 Å². The van der Waals surface area contributed by atoms with Gasteiger partial charge in [0, 0.05) is 136 Å². The molecular weight excluding hydrogens is 1360 g/mol. The van der Waals surface area contributed by atoms with E-state index >= 15 is 0 Å². The number of hydrogen-bond acceptors (Lipinski definition) is 11. The highest BCUT2D eigenvalue weighted by Crippen LogP contribution is 2.68. The Labute approximate surface area is 616 Å². The summed E-state index contributed by atoms with van der Waals surface area (Å²) in [7, 11) is 2.56. The summed E-state index contributed by atoms with van der Waals surface area (Å²) in [5.41, 5.74) is 14.7. The second-order valence-corrected chi connectivity index (χ2v) is 35.0. The third-order valence-electron chi connectivity index (χ3n) is 24.8. The molecule has 0 spiro atoms. The van der Waals surface area contributed by atoms with Gasteiger partial charge in [-0.05, 0) is 201 Å². The first-order chi connectivity index (χ1) is 50.5. The van der Waals surface area contributed by atoms with Gasteiger partial charge in [0.1, 0.15) is 11.5 Å². The molecule has 4 aliphatic carbocycles. The lowest BCUT2D eigenvalue weighted by atomic mass is 9.81. The summed E-state index contributed by atoms with van der Waals surface area (Å²) in [6, 6.07) is 40.2. The number of likely N-dealkylation sites (tertiary alicyclic amines) is 2. The molecule has 4 saturated carbocycles. The first kappa shape index (κ1) is 71.8. The maximum atomic E-state index is 15.0. The van der Waals surface area contributed by atoms with E-state index in [0.717, 1.165) is 159 Å². The number of fused-ring (bicyclic) bond motifs is 14. The molecule has 8 aliphatic rings. The molecule has 8 aromatic rings. The molecule has 16 rings (SSSR count). The van der Waals surface area contributed by atoms with Crippen LogP contribution in [0.3, 0.4) is 0 Å². The van der Waals surface area contributed by atoms with Gasteiger partial charge in [-0.3, -0.25) is 24.0 Å². The average molecular weight is 1460 g/mol. The third kappa shape index (κ3) is 13.1.